The maximum Gasteiger partial charge on any atom is 0.170 e. The standard InChI is InChI=1S/C23H20N6S/c30-23-27-21(19-6-1-2-11-26-19)22(29(23)16-17-8-12-24-13-9-17)20-7-4-14-28(20)18-5-3-10-25-15-18/h1-15,21-22H,16H2,(H,27,30)/t21-,22-/m1/s1. The van der Waals surface area contributed by atoms with Crippen LogP contribution in [0.4, 0.5) is 0 Å². The first-order valence-electron chi connectivity index (χ1n) is 9.76. The zero-order valence-corrected chi connectivity index (χ0v) is 17.0. The van der Waals surface area contributed by atoms with Crippen molar-refractivity contribution in [2.45, 2.75) is 18.6 Å². The van der Waals surface area contributed by atoms with E-state index in [9.17, 15) is 0 Å². The Morgan fingerprint density at radius 2 is 1.80 bits per heavy atom. The highest BCUT2D eigenvalue weighted by Crippen LogP contribution is 2.40. The second-order valence-electron chi connectivity index (χ2n) is 7.12. The van der Waals surface area contributed by atoms with Gasteiger partial charge in [-0.2, -0.15) is 0 Å². The lowest BCUT2D eigenvalue weighted by Crippen LogP contribution is -2.30. The summed E-state index contributed by atoms with van der Waals surface area (Å²) in [6.45, 7) is 0.681. The fourth-order valence-electron chi connectivity index (χ4n) is 3.95. The number of nitrogens with zero attached hydrogens (tertiary/aromatic N) is 5. The van der Waals surface area contributed by atoms with Gasteiger partial charge in [0.1, 0.15) is 0 Å². The maximum absolute atomic E-state index is 5.78. The molecule has 0 saturated carbocycles. The molecule has 0 aromatic carbocycles. The first-order valence-corrected chi connectivity index (χ1v) is 10.2. The minimum atomic E-state index is -0.0640. The third-order valence-electron chi connectivity index (χ3n) is 5.31. The van der Waals surface area contributed by atoms with Crippen LogP contribution >= 0.6 is 12.2 Å². The molecule has 0 unspecified atom stereocenters. The molecule has 148 valence electrons. The highest BCUT2D eigenvalue weighted by molar-refractivity contribution is 7.80. The van der Waals surface area contributed by atoms with Crippen LogP contribution in [0.5, 0.6) is 0 Å². The van der Waals surface area contributed by atoms with Crippen molar-refractivity contribution in [1.29, 1.82) is 0 Å². The molecule has 1 aliphatic heterocycles. The summed E-state index contributed by atoms with van der Waals surface area (Å²) in [7, 11) is 0. The molecular formula is C23H20N6S. The van der Waals surface area contributed by atoms with Crippen molar-refractivity contribution in [2.24, 2.45) is 0 Å². The van der Waals surface area contributed by atoms with Crippen molar-refractivity contribution < 1.29 is 0 Å². The molecule has 1 N–H and O–H groups in total. The van der Waals surface area contributed by atoms with E-state index in [1.165, 1.54) is 0 Å². The molecular weight excluding hydrogens is 392 g/mol. The van der Waals surface area contributed by atoms with E-state index in [1.807, 2.05) is 61.2 Å². The lowest BCUT2D eigenvalue weighted by atomic mass is 10.0. The molecule has 2 atom stereocenters. The monoisotopic (exact) mass is 412 g/mol. The van der Waals surface area contributed by atoms with E-state index in [1.54, 1.807) is 6.20 Å². The molecule has 0 amide bonds. The Bertz CT molecular complexity index is 1130. The Hall–Kier alpha value is -3.58. The predicted octanol–water partition coefficient (Wildman–Crippen LogP) is 3.84. The lowest BCUT2D eigenvalue weighted by molar-refractivity contribution is 0.302. The molecule has 5 heterocycles. The Kier molecular flexibility index (Phi) is 4.94. The fraction of sp³-hybridized carbons (Fsp3) is 0.130. The predicted molar refractivity (Wildman–Crippen MR) is 119 cm³/mol. The fourth-order valence-corrected chi connectivity index (χ4v) is 4.25. The first-order chi connectivity index (χ1) is 14.8. The van der Waals surface area contributed by atoms with Gasteiger partial charge in [-0.1, -0.05) is 6.07 Å². The minimum Gasteiger partial charge on any atom is -0.352 e. The van der Waals surface area contributed by atoms with Crippen LogP contribution in [0.3, 0.4) is 0 Å². The second kappa shape index (κ2) is 8.04. The van der Waals surface area contributed by atoms with Gasteiger partial charge in [-0.3, -0.25) is 15.0 Å². The van der Waals surface area contributed by atoms with Crippen LogP contribution in [-0.2, 0) is 6.54 Å². The van der Waals surface area contributed by atoms with E-state index >= 15 is 0 Å². The molecule has 0 radical (unpaired) electrons. The van der Waals surface area contributed by atoms with Gasteiger partial charge in [0.2, 0.25) is 0 Å². The van der Waals surface area contributed by atoms with E-state index < -0.39 is 0 Å². The SMILES string of the molecule is S=C1N[C@H](c2ccccn2)[C@@H](c2cccn2-c2cccnc2)N1Cc1ccncc1. The molecule has 1 fully saturated rings. The van der Waals surface area contributed by atoms with Crippen LogP contribution < -0.4 is 5.32 Å². The number of hydrogen-bond donors (Lipinski definition) is 1. The molecule has 4 aromatic heterocycles. The Balaban J connectivity index is 1.60. The average Bonchev–Trinajstić information content (AvgIpc) is 3.40. The van der Waals surface area contributed by atoms with Gasteiger partial charge in [-0.25, -0.2) is 0 Å². The summed E-state index contributed by atoms with van der Waals surface area (Å²) in [5.74, 6) is 0. The van der Waals surface area contributed by atoms with Crippen molar-refractivity contribution in [3.63, 3.8) is 0 Å². The topological polar surface area (TPSA) is 58.9 Å². The third kappa shape index (κ3) is 3.44. The highest BCUT2D eigenvalue weighted by Gasteiger charge is 2.41. The van der Waals surface area contributed by atoms with Gasteiger partial charge in [0.15, 0.2) is 5.11 Å². The molecule has 30 heavy (non-hydrogen) atoms. The van der Waals surface area contributed by atoms with Gasteiger partial charge in [-0.05, 0) is 66.3 Å². The summed E-state index contributed by atoms with van der Waals surface area (Å²) < 4.78 is 2.17. The summed E-state index contributed by atoms with van der Waals surface area (Å²) in [5.41, 5.74) is 4.25. The van der Waals surface area contributed by atoms with Crippen LogP contribution in [0, 0.1) is 0 Å². The normalized spacial score (nSPS) is 18.4. The van der Waals surface area contributed by atoms with Gasteiger partial charge in [-0.15, -0.1) is 0 Å². The number of nitrogens with one attached hydrogen (secondary N) is 1. The van der Waals surface area contributed by atoms with Crippen molar-refractivity contribution in [3.05, 3.63) is 109 Å². The molecule has 1 saturated heterocycles. The van der Waals surface area contributed by atoms with E-state index in [4.69, 9.17) is 12.2 Å². The Morgan fingerprint density at radius 3 is 2.57 bits per heavy atom. The molecule has 0 spiro atoms. The van der Waals surface area contributed by atoms with Gasteiger partial charge >= 0.3 is 0 Å². The summed E-state index contributed by atoms with van der Waals surface area (Å²) in [4.78, 5) is 15.3. The zero-order chi connectivity index (χ0) is 20.3. The molecule has 5 rings (SSSR count). The largest absolute Gasteiger partial charge is 0.352 e. The lowest BCUT2D eigenvalue weighted by Gasteiger charge is -2.29. The van der Waals surface area contributed by atoms with Gasteiger partial charge in [0.25, 0.3) is 0 Å². The van der Waals surface area contributed by atoms with Crippen molar-refractivity contribution >= 4 is 17.3 Å². The molecule has 1 aliphatic rings. The average molecular weight is 413 g/mol. The second-order valence-corrected chi connectivity index (χ2v) is 7.51. The number of aromatic nitrogens is 4. The highest BCUT2D eigenvalue weighted by atomic mass is 32.1. The van der Waals surface area contributed by atoms with Gasteiger partial charge in [0, 0.05) is 43.2 Å². The summed E-state index contributed by atoms with van der Waals surface area (Å²) >= 11 is 5.78. The Labute approximate surface area is 180 Å². The van der Waals surface area contributed by atoms with E-state index in [0.29, 0.717) is 11.7 Å². The molecule has 6 nitrogen and oxygen atoms in total. The van der Waals surface area contributed by atoms with Gasteiger partial charge < -0.3 is 14.8 Å². The number of hydrogen-bond acceptors (Lipinski definition) is 4. The zero-order valence-electron chi connectivity index (χ0n) is 16.2. The number of pyridine rings is 3. The molecule has 0 bridgehead atoms. The van der Waals surface area contributed by atoms with E-state index in [-0.39, 0.29) is 12.1 Å². The molecule has 0 aliphatic carbocycles. The van der Waals surface area contributed by atoms with E-state index in [2.05, 4.69) is 54.1 Å². The van der Waals surface area contributed by atoms with Crippen LogP contribution in [0.1, 0.15) is 29.0 Å². The van der Waals surface area contributed by atoms with Crippen LogP contribution in [-0.4, -0.2) is 29.5 Å². The first kappa shape index (κ1) is 18.4. The summed E-state index contributed by atoms with van der Waals surface area (Å²) in [5, 5.41) is 4.22. The maximum atomic E-state index is 5.78. The van der Waals surface area contributed by atoms with Gasteiger partial charge in [0.05, 0.1) is 29.7 Å². The quantitative estimate of drug-likeness (QED) is 0.503. The number of thiocarbonyl (C=S) groups is 1. The van der Waals surface area contributed by atoms with Crippen molar-refractivity contribution in [2.75, 3.05) is 0 Å². The van der Waals surface area contributed by atoms with E-state index in [0.717, 1.165) is 22.6 Å². The van der Waals surface area contributed by atoms with Crippen LogP contribution in [0.25, 0.3) is 5.69 Å². The smallest absolute Gasteiger partial charge is 0.170 e. The van der Waals surface area contributed by atoms with Crippen LogP contribution in [0.2, 0.25) is 0 Å². The summed E-state index contributed by atoms with van der Waals surface area (Å²) in [6, 6.07) is 18.1. The summed E-state index contributed by atoms with van der Waals surface area (Å²) in [6.07, 6.45) is 11.2. The van der Waals surface area contributed by atoms with Crippen molar-refractivity contribution in [1.82, 2.24) is 29.7 Å². The third-order valence-corrected chi connectivity index (χ3v) is 5.66. The van der Waals surface area contributed by atoms with Crippen molar-refractivity contribution in [3.8, 4) is 5.69 Å². The molecule has 7 heteroatoms. The molecule has 4 aromatic rings. The Morgan fingerprint density at radius 1 is 0.900 bits per heavy atom. The number of rotatable bonds is 5. The minimum absolute atomic E-state index is 0.0317. The van der Waals surface area contributed by atoms with Crippen LogP contribution in [0.15, 0.2) is 91.8 Å².